The Labute approximate surface area is 184 Å². The van der Waals surface area contributed by atoms with E-state index in [0.717, 1.165) is 66.5 Å². The van der Waals surface area contributed by atoms with Crippen LogP contribution in [0, 0.1) is 5.82 Å². The molecule has 7 heteroatoms. The van der Waals surface area contributed by atoms with Crippen molar-refractivity contribution < 1.29 is 13.5 Å². The number of hydrogen-bond donors (Lipinski definition) is 1. The van der Waals surface area contributed by atoms with Crippen LogP contribution in [0.1, 0.15) is 5.76 Å². The van der Waals surface area contributed by atoms with E-state index in [1.54, 1.807) is 18.3 Å². The molecule has 5 nitrogen and oxygen atoms in total. The molecule has 1 aliphatic heterocycles. The summed E-state index contributed by atoms with van der Waals surface area (Å²) in [6.07, 6.45) is 1.70. The summed E-state index contributed by atoms with van der Waals surface area (Å²) in [6, 6.07) is 16.3. The molecular formula is C24H21ClFN3O2. The van der Waals surface area contributed by atoms with Gasteiger partial charge in [-0.05, 0) is 48.5 Å². The molecule has 0 radical (unpaired) electrons. The number of fused-ring (bicyclic) bond motifs is 1. The van der Waals surface area contributed by atoms with E-state index in [2.05, 4.69) is 15.2 Å². The van der Waals surface area contributed by atoms with Crippen molar-refractivity contribution in [3.05, 3.63) is 77.4 Å². The van der Waals surface area contributed by atoms with E-state index in [1.807, 2.05) is 36.4 Å². The van der Waals surface area contributed by atoms with Crippen molar-refractivity contribution in [2.75, 3.05) is 31.6 Å². The van der Waals surface area contributed by atoms with Crippen molar-refractivity contribution in [2.45, 2.75) is 6.54 Å². The van der Waals surface area contributed by atoms with Gasteiger partial charge in [0.25, 0.3) is 0 Å². The molecule has 0 aliphatic carbocycles. The standard InChI is InChI=1S/C24H21ClFN3O2/c25-17-2-5-22(20(26)14-17)28-21-7-8-27-23-13-16(1-4-19(21)23)24-6-3-18(31-24)15-29-9-11-30-12-10-29/h1-8,13-14H,9-12,15H2,(H,27,28). The number of halogens is 2. The molecule has 0 spiro atoms. The highest BCUT2D eigenvalue weighted by Gasteiger charge is 2.14. The number of rotatable bonds is 5. The summed E-state index contributed by atoms with van der Waals surface area (Å²) in [5.41, 5.74) is 2.87. The fourth-order valence-electron chi connectivity index (χ4n) is 3.74. The quantitative estimate of drug-likeness (QED) is 0.423. The number of nitrogens with zero attached hydrogens (tertiary/aromatic N) is 2. The number of hydrogen-bond acceptors (Lipinski definition) is 5. The van der Waals surface area contributed by atoms with Gasteiger partial charge in [-0.15, -0.1) is 0 Å². The lowest BCUT2D eigenvalue weighted by atomic mass is 10.1. The molecule has 0 amide bonds. The Hall–Kier alpha value is -2.93. The molecule has 3 heterocycles. The number of benzene rings is 2. The van der Waals surface area contributed by atoms with Crippen molar-refractivity contribution in [1.82, 2.24) is 9.88 Å². The number of nitrogens with one attached hydrogen (secondary N) is 1. The molecule has 0 unspecified atom stereocenters. The van der Waals surface area contributed by atoms with Gasteiger partial charge in [-0.25, -0.2) is 4.39 Å². The van der Waals surface area contributed by atoms with E-state index in [0.29, 0.717) is 10.7 Å². The van der Waals surface area contributed by atoms with Crippen LogP contribution in [0.3, 0.4) is 0 Å². The molecule has 2 aromatic carbocycles. The highest BCUT2D eigenvalue weighted by molar-refractivity contribution is 6.30. The summed E-state index contributed by atoms with van der Waals surface area (Å²) in [5.74, 6) is 1.32. The third-order valence-corrected chi connectivity index (χ3v) is 5.61. The Bertz CT molecular complexity index is 1220. The lowest BCUT2D eigenvalue weighted by molar-refractivity contribution is 0.0314. The minimum absolute atomic E-state index is 0.360. The largest absolute Gasteiger partial charge is 0.460 e. The van der Waals surface area contributed by atoms with E-state index in [4.69, 9.17) is 20.8 Å². The number of morpholine rings is 1. The fourth-order valence-corrected chi connectivity index (χ4v) is 3.90. The van der Waals surface area contributed by atoms with Gasteiger partial charge in [0.1, 0.15) is 17.3 Å². The number of ether oxygens (including phenoxy) is 1. The highest BCUT2D eigenvalue weighted by atomic mass is 35.5. The van der Waals surface area contributed by atoms with E-state index in [1.165, 1.54) is 6.07 Å². The van der Waals surface area contributed by atoms with Gasteiger partial charge >= 0.3 is 0 Å². The Morgan fingerprint density at radius 2 is 1.87 bits per heavy atom. The topological polar surface area (TPSA) is 50.5 Å². The van der Waals surface area contributed by atoms with Crippen molar-refractivity contribution in [1.29, 1.82) is 0 Å². The van der Waals surface area contributed by atoms with Gasteiger partial charge in [-0.2, -0.15) is 0 Å². The minimum Gasteiger partial charge on any atom is -0.460 e. The first-order chi connectivity index (χ1) is 15.2. The number of furan rings is 1. The average molecular weight is 438 g/mol. The van der Waals surface area contributed by atoms with Gasteiger partial charge in [-0.3, -0.25) is 9.88 Å². The van der Waals surface area contributed by atoms with Gasteiger partial charge in [-0.1, -0.05) is 17.7 Å². The molecule has 31 heavy (non-hydrogen) atoms. The predicted molar refractivity (Wildman–Crippen MR) is 120 cm³/mol. The maximum Gasteiger partial charge on any atom is 0.148 e. The van der Waals surface area contributed by atoms with Crippen LogP contribution < -0.4 is 5.32 Å². The first-order valence-electron chi connectivity index (χ1n) is 10.2. The van der Waals surface area contributed by atoms with Crippen LogP contribution in [0.15, 0.2) is 65.2 Å². The molecule has 1 N–H and O–H groups in total. The number of aromatic nitrogens is 1. The van der Waals surface area contributed by atoms with Crippen molar-refractivity contribution in [3.8, 4) is 11.3 Å². The first-order valence-corrected chi connectivity index (χ1v) is 10.5. The van der Waals surface area contributed by atoms with Crippen LogP contribution in [0.5, 0.6) is 0 Å². The van der Waals surface area contributed by atoms with Gasteiger partial charge in [0.05, 0.1) is 31.0 Å². The maximum atomic E-state index is 14.2. The van der Waals surface area contributed by atoms with E-state index < -0.39 is 5.82 Å². The monoisotopic (exact) mass is 437 g/mol. The van der Waals surface area contributed by atoms with E-state index in [-0.39, 0.29) is 0 Å². The van der Waals surface area contributed by atoms with Crippen LogP contribution in [0.2, 0.25) is 5.02 Å². The van der Waals surface area contributed by atoms with Crippen LogP contribution in [-0.2, 0) is 11.3 Å². The number of anilines is 2. The summed E-state index contributed by atoms with van der Waals surface area (Å²) in [7, 11) is 0. The van der Waals surface area contributed by atoms with Gasteiger partial charge in [0.2, 0.25) is 0 Å². The molecule has 1 saturated heterocycles. The summed E-state index contributed by atoms with van der Waals surface area (Å²) >= 11 is 5.85. The minimum atomic E-state index is -0.405. The molecule has 2 aromatic heterocycles. The van der Waals surface area contributed by atoms with Crippen molar-refractivity contribution in [3.63, 3.8) is 0 Å². The molecule has 1 aliphatic rings. The summed E-state index contributed by atoms with van der Waals surface area (Å²) in [4.78, 5) is 6.81. The highest BCUT2D eigenvalue weighted by Crippen LogP contribution is 2.31. The zero-order chi connectivity index (χ0) is 21.2. The van der Waals surface area contributed by atoms with Crippen molar-refractivity contribution >= 4 is 33.9 Å². The normalized spacial score (nSPS) is 14.8. The molecular weight excluding hydrogens is 417 g/mol. The smallest absolute Gasteiger partial charge is 0.148 e. The summed E-state index contributed by atoms with van der Waals surface area (Å²) in [6.45, 7) is 4.14. The van der Waals surface area contributed by atoms with Gasteiger partial charge < -0.3 is 14.5 Å². The fraction of sp³-hybridized carbons (Fsp3) is 0.208. The third kappa shape index (κ3) is 4.42. The van der Waals surface area contributed by atoms with Crippen LogP contribution in [0.4, 0.5) is 15.8 Å². The van der Waals surface area contributed by atoms with E-state index in [9.17, 15) is 4.39 Å². The van der Waals surface area contributed by atoms with Crippen LogP contribution >= 0.6 is 11.6 Å². The molecule has 0 atom stereocenters. The lowest BCUT2D eigenvalue weighted by Gasteiger charge is -2.25. The van der Waals surface area contributed by atoms with Crippen LogP contribution in [0.25, 0.3) is 22.2 Å². The predicted octanol–water partition coefficient (Wildman–Crippen LogP) is 5.86. The average Bonchev–Trinajstić information content (AvgIpc) is 3.25. The molecule has 4 aromatic rings. The molecule has 0 bridgehead atoms. The first kappa shape index (κ1) is 20.0. The Kier molecular flexibility index (Phi) is 5.59. The molecule has 158 valence electrons. The second-order valence-electron chi connectivity index (χ2n) is 7.49. The zero-order valence-electron chi connectivity index (χ0n) is 16.8. The van der Waals surface area contributed by atoms with E-state index >= 15 is 0 Å². The Morgan fingerprint density at radius 1 is 1.00 bits per heavy atom. The second-order valence-corrected chi connectivity index (χ2v) is 7.93. The third-order valence-electron chi connectivity index (χ3n) is 5.37. The van der Waals surface area contributed by atoms with Gasteiger partial charge in [0, 0.05) is 40.9 Å². The van der Waals surface area contributed by atoms with Crippen molar-refractivity contribution in [2.24, 2.45) is 0 Å². The summed E-state index contributed by atoms with van der Waals surface area (Å²) in [5, 5.41) is 4.39. The second kappa shape index (κ2) is 8.67. The Morgan fingerprint density at radius 3 is 2.71 bits per heavy atom. The zero-order valence-corrected chi connectivity index (χ0v) is 17.5. The summed E-state index contributed by atoms with van der Waals surface area (Å²) < 4.78 is 25.7. The van der Waals surface area contributed by atoms with Crippen LogP contribution in [-0.4, -0.2) is 36.2 Å². The molecule has 5 rings (SSSR count). The SMILES string of the molecule is Fc1cc(Cl)ccc1Nc1ccnc2cc(-c3ccc(CN4CCOCC4)o3)ccc12. The molecule has 0 saturated carbocycles. The Balaban J connectivity index is 1.39. The number of pyridine rings is 1. The van der Waals surface area contributed by atoms with Gasteiger partial charge in [0.15, 0.2) is 0 Å². The maximum absolute atomic E-state index is 14.2. The molecule has 1 fully saturated rings. The lowest BCUT2D eigenvalue weighted by Crippen LogP contribution is -2.35.